The zero-order chi connectivity index (χ0) is 21.8. The van der Waals surface area contributed by atoms with Gasteiger partial charge in [-0.3, -0.25) is 9.59 Å². The van der Waals surface area contributed by atoms with Crippen molar-refractivity contribution in [2.75, 3.05) is 31.5 Å². The Balaban J connectivity index is 1.23. The maximum Gasteiger partial charge on any atom is 0.253 e. The van der Waals surface area contributed by atoms with Crippen molar-refractivity contribution in [2.45, 2.75) is 45.6 Å². The Bertz CT molecular complexity index is 912. The molecule has 2 amide bonds. The fraction of sp³-hybridized carbons (Fsp3) is 0.462. The molecule has 2 heterocycles. The van der Waals surface area contributed by atoms with Crippen molar-refractivity contribution in [2.24, 2.45) is 5.92 Å². The van der Waals surface area contributed by atoms with E-state index < -0.39 is 0 Å². The first-order valence-electron chi connectivity index (χ1n) is 11.5. The third-order valence-corrected chi connectivity index (χ3v) is 6.96. The van der Waals surface area contributed by atoms with Crippen molar-refractivity contribution in [1.29, 1.82) is 0 Å². The summed E-state index contributed by atoms with van der Waals surface area (Å²) in [5.41, 5.74) is 4.11. The minimum atomic E-state index is 0.0811. The van der Waals surface area contributed by atoms with Gasteiger partial charge in [0.15, 0.2) is 0 Å². The molecule has 2 aliphatic heterocycles. The van der Waals surface area contributed by atoms with Crippen LogP contribution in [0.5, 0.6) is 0 Å². The average molecular weight is 420 g/mol. The van der Waals surface area contributed by atoms with Crippen LogP contribution >= 0.6 is 0 Å². The van der Waals surface area contributed by atoms with Gasteiger partial charge in [0.25, 0.3) is 5.91 Å². The van der Waals surface area contributed by atoms with Gasteiger partial charge in [-0.15, -0.1) is 0 Å². The summed E-state index contributed by atoms with van der Waals surface area (Å²) in [5, 5.41) is 3.11. The maximum atomic E-state index is 12.7. The van der Waals surface area contributed by atoms with Crippen LogP contribution in [-0.2, 0) is 4.79 Å². The molecule has 0 bridgehead atoms. The van der Waals surface area contributed by atoms with Gasteiger partial charge < -0.3 is 15.1 Å². The fourth-order valence-electron chi connectivity index (χ4n) is 4.79. The van der Waals surface area contributed by atoms with Gasteiger partial charge in [-0.25, -0.2) is 0 Å². The minimum Gasteiger partial charge on any atom is -0.339 e. The molecule has 0 aliphatic carbocycles. The van der Waals surface area contributed by atoms with Crippen LogP contribution in [0.4, 0.5) is 5.69 Å². The van der Waals surface area contributed by atoms with Crippen LogP contribution in [-0.4, -0.2) is 53.8 Å². The SMILES string of the molecule is Cc1ccc(NC(=O)C2CCN(C3CCN(C(=O)c4ccccc4)CC3)CC2)cc1C. The van der Waals surface area contributed by atoms with Gasteiger partial charge in [-0.05, 0) is 88.0 Å². The topological polar surface area (TPSA) is 52.7 Å². The summed E-state index contributed by atoms with van der Waals surface area (Å²) in [6.45, 7) is 7.70. The van der Waals surface area contributed by atoms with E-state index in [0.717, 1.165) is 63.1 Å². The molecule has 0 unspecified atom stereocenters. The number of piperidine rings is 2. The lowest BCUT2D eigenvalue weighted by Crippen LogP contribution is -2.49. The van der Waals surface area contributed by atoms with Crippen molar-refractivity contribution < 1.29 is 9.59 Å². The van der Waals surface area contributed by atoms with Crippen molar-refractivity contribution in [3.8, 4) is 0 Å². The van der Waals surface area contributed by atoms with Crippen LogP contribution in [0.25, 0.3) is 0 Å². The number of nitrogens with zero attached hydrogens (tertiary/aromatic N) is 2. The summed E-state index contributed by atoms with van der Waals surface area (Å²) >= 11 is 0. The Morgan fingerprint density at radius 3 is 2.16 bits per heavy atom. The molecular formula is C26H33N3O2. The molecule has 0 spiro atoms. The van der Waals surface area contributed by atoms with Crippen LogP contribution in [0.3, 0.4) is 0 Å². The van der Waals surface area contributed by atoms with Crippen molar-refractivity contribution >= 4 is 17.5 Å². The number of rotatable bonds is 4. The molecule has 2 fully saturated rings. The molecule has 2 saturated heterocycles. The molecule has 2 aromatic carbocycles. The second-order valence-electron chi connectivity index (χ2n) is 8.99. The van der Waals surface area contributed by atoms with E-state index in [2.05, 4.69) is 30.1 Å². The third kappa shape index (κ3) is 5.16. The molecule has 2 aromatic rings. The quantitative estimate of drug-likeness (QED) is 0.806. The Kier molecular flexibility index (Phi) is 6.71. The summed E-state index contributed by atoms with van der Waals surface area (Å²) in [5.74, 6) is 0.365. The number of hydrogen-bond donors (Lipinski definition) is 1. The van der Waals surface area contributed by atoms with Gasteiger partial charge >= 0.3 is 0 Å². The smallest absolute Gasteiger partial charge is 0.253 e. The van der Waals surface area contributed by atoms with E-state index in [4.69, 9.17) is 0 Å². The van der Waals surface area contributed by atoms with Gasteiger partial charge in [0.05, 0.1) is 0 Å². The van der Waals surface area contributed by atoms with E-state index >= 15 is 0 Å². The molecule has 2 aliphatic rings. The molecule has 0 radical (unpaired) electrons. The first kappa shape index (κ1) is 21.6. The molecule has 5 heteroatoms. The molecule has 0 atom stereocenters. The summed E-state index contributed by atoms with van der Waals surface area (Å²) in [7, 11) is 0. The molecule has 31 heavy (non-hydrogen) atoms. The van der Waals surface area contributed by atoms with Gasteiger partial charge in [0.1, 0.15) is 0 Å². The van der Waals surface area contributed by atoms with E-state index in [9.17, 15) is 9.59 Å². The van der Waals surface area contributed by atoms with Gasteiger partial charge in [-0.2, -0.15) is 0 Å². The number of hydrogen-bond acceptors (Lipinski definition) is 3. The summed E-state index contributed by atoms with van der Waals surface area (Å²) in [6.07, 6.45) is 3.83. The highest BCUT2D eigenvalue weighted by Gasteiger charge is 2.31. The number of aryl methyl sites for hydroxylation is 2. The first-order valence-corrected chi connectivity index (χ1v) is 11.5. The Morgan fingerprint density at radius 1 is 0.839 bits per heavy atom. The number of carbonyl (C=O) groups is 2. The summed E-state index contributed by atoms with van der Waals surface area (Å²) in [6, 6.07) is 16.2. The molecule has 4 rings (SSSR count). The van der Waals surface area contributed by atoms with E-state index in [1.54, 1.807) is 0 Å². The van der Waals surface area contributed by atoms with Crippen LogP contribution in [0.1, 0.15) is 47.2 Å². The highest BCUT2D eigenvalue weighted by Crippen LogP contribution is 2.26. The number of carbonyl (C=O) groups excluding carboxylic acids is 2. The number of benzene rings is 2. The van der Waals surface area contributed by atoms with Crippen LogP contribution in [0.15, 0.2) is 48.5 Å². The van der Waals surface area contributed by atoms with Gasteiger partial charge in [-0.1, -0.05) is 24.3 Å². The van der Waals surface area contributed by atoms with E-state index in [-0.39, 0.29) is 17.7 Å². The second kappa shape index (κ2) is 9.65. The Morgan fingerprint density at radius 2 is 1.52 bits per heavy atom. The lowest BCUT2D eigenvalue weighted by Gasteiger charge is -2.41. The molecule has 1 N–H and O–H groups in total. The molecule has 0 saturated carbocycles. The highest BCUT2D eigenvalue weighted by molar-refractivity contribution is 5.94. The molecule has 164 valence electrons. The average Bonchev–Trinajstić information content (AvgIpc) is 2.82. The Hall–Kier alpha value is -2.66. The lowest BCUT2D eigenvalue weighted by molar-refractivity contribution is -0.121. The number of anilines is 1. The predicted octanol–water partition coefficient (Wildman–Crippen LogP) is 4.26. The van der Waals surface area contributed by atoms with E-state index in [1.807, 2.05) is 47.4 Å². The molecule has 0 aromatic heterocycles. The third-order valence-electron chi connectivity index (χ3n) is 6.96. The normalized spacial score (nSPS) is 18.7. The number of likely N-dealkylation sites (tertiary alicyclic amines) is 2. The highest BCUT2D eigenvalue weighted by atomic mass is 16.2. The lowest BCUT2D eigenvalue weighted by atomic mass is 9.92. The van der Waals surface area contributed by atoms with Crippen molar-refractivity contribution in [1.82, 2.24) is 9.80 Å². The van der Waals surface area contributed by atoms with Crippen molar-refractivity contribution in [3.63, 3.8) is 0 Å². The molecular weight excluding hydrogens is 386 g/mol. The first-order chi connectivity index (χ1) is 15.0. The largest absolute Gasteiger partial charge is 0.339 e. The van der Waals surface area contributed by atoms with Crippen LogP contribution in [0.2, 0.25) is 0 Å². The zero-order valence-corrected chi connectivity index (χ0v) is 18.6. The predicted molar refractivity (Wildman–Crippen MR) is 124 cm³/mol. The maximum absolute atomic E-state index is 12.7. The standard InChI is InChI=1S/C26H33N3O2/c1-19-8-9-23(18-20(19)2)27-25(30)21-10-14-28(15-11-21)24-12-16-29(17-13-24)26(31)22-6-4-3-5-7-22/h3-9,18,21,24H,10-17H2,1-2H3,(H,27,30). The number of nitrogens with one attached hydrogen (secondary N) is 1. The zero-order valence-electron chi connectivity index (χ0n) is 18.6. The van der Waals surface area contributed by atoms with E-state index in [1.165, 1.54) is 11.1 Å². The Labute approximate surface area is 185 Å². The van der Waals surface area contributed by atoms with Crippen LogP contribution in [0, 0.1) is 19.8 Å². The fourth-order valence-corrected chi connectivity index (χ4v) is 4.79. The van der Waals surface area contributed by atoms with E-state index in [0.29, 0.717) is 6.04 Å². The van der Waals surface area contributed by atoms with Crippen molar-refractivity contribution in [3.05, 3.63) is 65.2 Å². The van der Waals surface area contributed by atoms with Crippen LogP contribution < -0.4 is 5.32 Å². The monoisotopic (exact) mass is 419 g/mol. The minimum absolute atomic E-state index is 0.0811. The van der Waals surface area contributed by atoms with Gasteiger partial charge in [0.2, 0.25) is 5.91 Å². The number of amides is 2. The molecule has 5 nitrogen and oxygen atoms in total. The summed E-state index contributed by atoms with van der Waals surface area (Å²) < 4.78 is 0. The summed E-state index contributed by atoms with van der Waals surface area (Å²) in [4.78, 5) is 29.9. The second-order valence-corrected chi connectivity index (χ2v) is 8.99. The van der Waals surface area contributed by atoms with Gasteiger partial charge in [0, 0.05) is 36.3 Å².